The summed E-state index contributed by atoms with van der Waals surface area (Å²) in [6.07, 6.45) is 6.35. The Labute approximate surface area is 119 Å². The number of carbonyl (C=O) groups is 2. The van der Waals surface area contributed by atoms with Gasteiger partial charge in [0.15, 0.2) is 0 Å². The number of carboxylic acid groups (broad SMARTS) is 1. The lowest BCUT2D eigenvalue weighted by Crippen LogP contribution is -2.46. The number of aliphatic carboxylic acids is 1. The van der Waals surface area contributed by atoms with Gasteiger partial charge in [-0.1, -0.05) is 12.8 Å². The van der Waals surface area contributed by atoms with E-state index in [4.69, 9.17) is 4.74 Å². The molecule has 0 aromatic rings. The molecule has 0 aromatic carbocycles. The molecule has 20 heavy (non-hydrogen) atoms. The molecule has 112 valence electrons. The molecule has 1 amide bonds. The van der Waals surface area contributed by atoms with E-state index in [2.05, 4.69) is 0 Å². The number of fused-ring (bicyclic) bond motifs is 1. The predicted octanol–water partition coefficient (Wildman–Crippen LogP) is 1.66. The van der Waals surface area contributed by atoms with Crippen LogP contribution in [0.3, 0.4) is 0 Å². The minimum atomic E-state index is -0.838. The van der Waals surface area contributed by atoms with Crippen LogP contribution in [0.4, 0.5) is 0 Å². The molecule has 5 nitrogen and oxygen atoms in total. The summed E-state index contributed by atoms with van der Waals surface area (Å²) in [6.45, 7) is 1.37. The van der Waals surface area contributed by atoms with Crippen LogP contribution in [0.5, 0.6) is 0 Å². The molecule has 0 aromatic heterocycles. The van der Waals surface area contributed by atoms with Crippen molar-refractivity contribution >= 4 is 11.9 Å². The third-order valence-electron chi connectivity index (χ3n) is 5.15. The van der Waals surface area contributed by atoms with Crippen molar-refractivity contribution in [3.63, 3.8) is 0 Å². The number of amides is 1. The van der Waals surface area contributed by atoms with Gasteiger partial charge < -0.3 is 14.7 Å². The fraction of sp³-hybridized carbons (Fsp3) is 0.867. The second kappa shape index (κ2) is 5.72. The van der Waals surface area contributed by atoms with Gasteiger partial charge in [0.2, 0.25) is 5.91 Å². The molecule has 2 heterocycles. The van der Waals surface area contributed by atoms with Crippen LogP contribution < -0.4 is 0 Å². The predicted molar refractivity (Wildman–Crippen MR) is 72.2 cm³/mol. The van der Waals surface area contributed by atoms with Crippen LogP contribution in [0, 0.1) is 11.8 Å². The van der Waals surface area contributed by atoms with Crippen molar-refractivity contribution in [1.82, 2.24) is 4.90 Å². The Hall–Kier alpha value is -1.10. The molecule has 3 rings (SSSR count). The minimum absolute atomic E-state index is 0.0299. The summed E-state index contributed by atoms with van der Waals surface area (Å²) in [7, 11) is 0. The summed E-state index contributed by atoms with van der Waals surface area (Å²) in [5.41, 5.74) is 0. The maximum atomic E-state index is 12.6. The highest BCUT2D eigenvalue weighted by Gasteiger charge is 2.47. The van der Waals surface area contributed by atoms with Crippen molar-refractivity contribution in [2.45, 2.75) is 57.0 Å². The monoisotopic (exact) mass is 281 g/mol. The molecule has 2 saturated heterocycles. The van der Waals surface area contributed by atoms with E-state index in [1.54, 1.807) is 4.90 Å². The maximum Gasteiger partial charge on any atom is 0.326 e. The van der Waals surface area contributed by atoms with E-state index >= 15 is 0 Å². The first-order valence-electron chi connectivity index (χ1n) is 7.78. The van der Waals surface area contributed by atoms with Crippen LogP contribution in [0.25, 0.3) is 0 Å². The van der Waals surface area contributed by atoms with Crippen LogP contribution in [0.2, 0.25) is 0 Å². The Balaban J connectivity index is 1.72. The molecule has 1 N–H and O–H groups in total. The normalized spacial score (nSPS) is 36.9. The topological polar surface area (TPSA) is 66.8 Å². The number of ether oxygens (including phenoxy) is 1. The summed E-state index contributed by atoms with van der Waals surface area (Å²) in [4.78, 5) is 25.8. The Kier molecular flexibility index (Phi) is 3.96. The smallest absolute Gasteiger partial charge is 0.326 e. The van der Waals surface area contributed by atoms with Gasteiger partial charge in [-0.05, 0) is 37.5 Å². The largest absolute Gasteiger partial charge is 0.480 e. The standard InChI is InChI=1S/C15H23NO4/c17-14(7-10-5-6-20-9-10)16-12-4-2-1-3-11(12)8-13(16)15(18)19/h10-13H,1-9H2,(H,18,19)/t10-,11+,12-,13+/m1/s1. The van der Waals surface area contributed by atoms with Crippen molar-refractivity contribution in [3.8, 4) is 0 Å². The molecule has 1 saturated carbocycles. The molecule has 0 spiro atoms. The van der Waals surface area contributed by atoms with Gasteiger partial charge in [0.1, 0.15) is 6.04 Å². The molecule has 4 atom stereocenters. The number of hydrogen-bond acceptors (Lipinski definition) is 3. The average molecular weight is 281 g/mol. The fourth-order valence-corrected chi connectivity index (χ4v) is 4.14. The molecule has 1 aliphatic carbocycles. The van der Waals surface area contributed by atoms with E-state index in [0.29, 0.717) is 25.4 Å². The van der Waals surface area contributed by atoms with Crippen molar-refractivity contribution in [1.29, 1.82) is 0 Å². The fourth-order valence-electron chi connectivity index (χ4n) is 4.14. The number of rotatable bonds is 3. The van der Waals surface area contributed by atoms with Crippen molar-refractivity contribution < 1.29 is 19.4 Å². The number of carbonyl (C=O) groups excluding carboxylic acids is 1. The zero-order valence-corrected chi connectivity index (χ0v) is 11.8. The number of hydrogen-bond donors (Lipinski definition) is 1. The van der Waals surface area contributed by atoms with Crippen LogP contribution >= 0.6 is 0 Å². The second-order valence-electron chi connectivity index (χ2n) is 6.44. The van der Waals surface area contributed by atoms with Crippen molar-refractivity contribution in [2.24, 2.45) is 11.8 Å². The molecular weight excluding hydrogens is 258 g/mol. The van der Waals surface area contributed by atoms with Gasteiger partial charge in [0.05, 0.1) is 0 Å². The Morgan fingerprint density at radius 2 is 2.00 bits per heavy atom. The lowest BCUT2D eigenvalue weighted by atomic mass is 9.84. The molecule has 5 heteroatoms. The minimum Gasteiger partial charge on any atom is -0.480 e. The molecule has 2 aliphatic heterocycles. The second-order valence-corrected chi connectivity index (χ2v) is 6.44. The molecule has 0 radical (unpaired) electrons. The lowest BCUT2D eigenvalue weighted by molar-refractivity contribution is -0.150. The molecule has 3 fully saturated rings. The van der Waals surface area contributed by atoms with Gasteiger partial charge in [-0.15, -0.1) is 0 Å². The highest BCUT2D eigenvalue weighted by atomic mass is 16.5. The lowest BCUT2D eigenvalue weighted by Gasteiger charge is -2.33. The van der Waals surface area contributed by atoms with Gasteiger partial charge >= 0.3 is 5.97 Å². The SMILES string of the molecule is O=C(O)[C@@H]1C[C@@H]2CCCC[C@H]2N1C(=O)C[C@H]1CCOC1. The summed E-state index contributed by atoms with van der Waals surface area (Å²) >= 11 is 0. The van der Waals surface area contributed by atoms with Gasteiger partial charge in [-0.2, -0.15) is 0 Å². The molecule has 0 unspecified atom stereocenters. The maximum absolute atomic E-state index is 12.6. The Morgan fingerprint density at radius 1 is 1.20 bits per heavy atom. The van der Waals surface area contributed by atoms with Crippen LogP contribution in [0.1, 0.15) is 44.9 Å². The van der Waals surface area contributed by atoms with E-state index in [-0.39, 0.29) is 17.9 Å². The van der Waals surface area contributed by atoms with E-state index in [0.717, 1.165) is 32.3 Å². The summed E-state index contributed by atoms with van der Waals surface area (Å²) in [5, 5.41) is 9.42. The zero-order chi connectivity index (χ0) is 14.1. The van der Waals surface area contributed by atoms with Crippen molar-refractivity contribution in [2.75, 3.05) is 13.2 Å². The number of nitrogens with zero attached hydrogens (tertiary/aromatic N) is 1. The first-order chi connectivity index (χ1) is 9.66. The van der Waals surface area contributed by atoms with E-state index in [9.17, 15) is 14.7 Å². The Bertz CT molecular complexity index is 391. The highest BCUT2D eigenvalue weighted by Crippen LogP contribution is 2.40. The van der Waals surface area contributed by atoms with Crippen LogP contribution in [-0.4, -0.2) is 47.2 Å². The van der Waals surface area contributed by atoms with Crippen molar-refractivity contribution in [3.05, 3.63) is 0 Å². The molecule has 3 aliphatic rings. The summed E-state index contributed by atoms with van der Waals surface area (Å²) in [5.74, 6) is -0.133. The molecule has 0 bridgehead atoms. The van der Waals surface area contributed by atoms with Crippen LogP contribution in [-0.2, 0) is 14.3 Å². The number of likely N-dealkylation sites (tertiary alicyclic amines) is 1. The average Bonchev–Trinajstić information content (AvgIpc) is 3.04. The third-order valence-corrected chi connectivity index (χ3v) is 5.15. The highest BCUT2D eigenvalue weighted by molar-refractivity contribution is 5.85. The first kappa shape index (κ1) is 13.9. The summed E-state index contributed by atoms with van der Waals surface area (Å²) < 4.78 is 5.31. The van der Waals surface area contributed by atoms with Gasteiger partial charge in [-0.25, -0.2) is 4.79 Å². The van der Waals surface area contributed by atoms with E-state index in [1.165, 1.54) is 6.42 Å². The van der Waals surface area contributed by atoms with Gasteiger partial charge in [-0.3, -0.25) is 4.79 Å². The molecular formula is C15H23NO4. The Morgan fingerprint density at radius 3 is 2.70 bits per heavy atom. The first-order valence-corrected chi connectivity index (χ1v) is 7.78. The zero-order valence-electron chi connectivity index (χ0n) is 11.8. The number of carboxylic acids is 1. The van der Waals surface area contributed by atoms with Gasteiger partial charge in [0, 0.05) is 25.7 Å². The van der Waals surface area contributed by atoms with E-state index in [1.807, 2.05) is 0 Å². The van der Waals surface area contributed by atoms with Gasteiger partial charge in [0.25, 0.3) is 0 Å². The van der Waals surface area contributed by atoms with E-state index < -0.39 is 12.0 Å². The summed E-state index contributed by atoms with van der Waals surface area (Å²) in [6, 6.07) is -0.433. The van der Waals surface area contributed by atoms with Crippen LogP contribution in [0.15, 0.2) is 0 Å². The third kappa shape index (κ3) is 2.55. The quantitative estimate of drug-likeness (QED) is 0.854.